The number of rotatable bonds is 8. The molecule has 1 heterocycles. The van der Waals surface area contributed by atoms with Crippen LogP contribution in [0.25, 0.3) is 10.4 Å². The summed E-state index contributed by atoms with van der Waals surface area (Å²) in [6.07, 6.45) is 1.63. The van der Waals surface area contributed by atoms with Crippen molar-refractivity contribution in [3.8, 4) is 0 Å². The van der Waals surface area contributed by atoms with Crippen LogP contribution in [0.5, 0.6) is 0 Å². The Balaban J connectivity index is 1.79. The normalized spacial score (nSPS) is 23.2. The predicted octanol–water partition coefficient (Wildman–Crippen LogP) is 4.06. The second-order valence-corrected chi connectivity index (χ2v) is 6.20. The third kappa shape index (κ3) is 6.20. The van der Waals surface area contributed by atoms with Gasteiger partial charge in [0.25, 0.3) is 0 Å². The van der Waals surface area contributed by atoms with Gasteiger partial charge in [-0.05, 0) is 37.8 Å². The van der Waals surface area contributed by atoms with Gasteiger partial charge in [-0.1, -0.05) is 35.4 Å². The molecule has 6 heteroatoms. The average molecular weight is 319 g/mol. The predicted molar refractivity (Wildman–Crippen MR) is 87.7 cm³/mol. The van der Waals surface area contributed by atoms with Gasteiger partial charge in [-0.25, -0.2) is 0 Å². The van der Waals surface area contributed by atoms with Crippen molar-refractivity contribution >= 4 is 0 Å². The summed E-state index contributed by atoms with van der Waals surface area (Å²) in [6.45, 7) is 6.18. The zero-order valence-corrected chi connectivity index (χ0v) is 13.9. The third-order valence-corrected chi connectivity index (χ3v) is 3.93. The molecule has 1 aliphatic rings. The summed E-state index contributed by atoms with van der Waals surface area (Å²) in [7, 11) is 0. The Bertz CT molecular complexity index is 515. The van der Waals surface area contributed by atoms with Crippen molar-refractivity contribution < 1.29 is 14.2 Å². The number of hydrogen-bond donors (Lipinski definition) is 0. The highest BCUT2D eigenvalue weighted by atomic mass is 16.7. The van der Waals surface area contributed by atoms with Crippen LogP contribution in [0.2, 0.25) is 0 Å². The van der Waals surface area contributed by atoms with Gasteiger partial charge in [0.15, 0.2) is 5.79 Å². The molecule has 1 aromatic carbocycles. The Morgan fingerprint density at radius 1 is 1.30 bits per heavy atom. The van der Waals surface area contributed by atoms with E-state index in [1.165, 1.54) is 5.56 Å². The quantitative estimate of drug-likeness (QED) is 0.314. The van der Waals surface area contributed by atoms with Crippen LogP contribution in [-0.4, -0.2) is 31.6 Å². The molecule has 6 nitrogen and oxygen atoms in total. The zero-order chi connectivity index (χ0) is 16.5. The monoisotopic (exact) mass is 319 g/mol. The van der Waals surface area contributed by atoms with Crippen molar-refractivity contribution in [3.63, 3.8) is 0 Å². The van der Waals surface area contributed by atoms with Gasteiger partial charge in [-0.2, -0.15) is 0 Å². The summed E-state index contributed by atoms with van der Waals surface area (Å²) in [6, 6.07) is 10.1. The molecule has 2 rings (SSSR count). The van der Waals surface area contributed by atoms with Gasteiger partial charge in [-0.15, -0.1) is 0 Å². The SMILES string of the molecule is CC1(C)OC[C@@H](CCN=[N+]=[N-])[C@H](CCOCc2ccccc2)O1. The van der Waals surface area contributed by atoms with E-state index in [2.05, 4.69) is 22.2 Å². The Labute approximate surface area is 137 Å². The molecule has 0 N–H and O–H groups in total. The van der Waals surface area contributed by atoms with E-state index in [0.717, 1.165) is 12.8 Å². The molecule has 0 amide bonds. The van der Waals surface area contributed by atoms with E-state index in [1.54, 1.807) is 0 Å². The molecule has 1 aliphatic heterocycles. The molecule has 0 radical (unpaired) electrons. The van der Waals surface area contributed by atoms with Crippen molar-refractivity contribution in [2.45, 2.75) is 45.2 Å². The highest BCUT2D eigenvalue weighted by Gasteiger charge is 2.35. The van der Waals surface area contributed by atoms with E-state index >= 15 is 0 Å². The molecule has 1 fully saturated rings. The minimum absolute atomic E-state index is 0.0587. The largest absolute Gasteiger partial charge is 0.377 e. The Hall–Kier alpha value is -1.59. The molecular formula is C17H25N3O3. The fourth-order valence-corrected chi connectivity index (χ4v) is 2.71. The number of azide groups is 1. The number of benzene rings is 1. The van der Waals surface area contributed by atoms with E-state index in [9.17, 15) is 0 Å². The lowest BCUT2D eigenvalue weighted by Crippen LogP contribution is -2.46. The van der Waals surface area contributed by atoms with Crippen LogP contribution in [0, 0.1) is 5.92 Å². The van der Waals surface area contributed by atoms with Gasteiger partial charge in [-0.3, -0.25) is 0 Å². The highest BCUT2D eigenvalue weighted by Crippen LogP contribution is 2.30. The molecular weight excluding hydrogens is 294 g/mol. The minimum Gasteiger partial charge on any atom is -0.377 e. The fraction of sp³-hybridized carbons (Fsp3) is 0.647. The number of nitrogens with zero attached hydrogens (tertiary/aromatic N) is 3. The van der Waals surface area contributed by atoms with E-state index in [1.807, 2.05) is 32.0 Å². The maximum Gasteiger partial charge on any atom is 0.163 e. The zero-order valence-electron chi connectivity index (χ0n) is 13.9. The molecule has 23 heavy (non-hydrogen) atoms. The van der Waals surface area contributed by atoms with E-state index in [4.69, 9.17) is 19.7 Å². The first-order valence-corrected chi connectivity index (χ1v) is 8.05. The van der Waals surface area contributed by atoms with Crippen molar-refractivity contribution in [2.75, 3.05) is 19.8 Å². The summed E-state index contributed by atoms with van der Waals surface area (Å²) < 4.78 is 17.5. The molecule has 2 atom stereocenters. The number of ether oxygens (including phenoxy) is 3. The smallest absolute Gasteiger partial charge is 0.163 e. The van der Waals surface area contributed by atoms with E-state index in [-0.39, 0.29) is 12.0 Å². The molecule has 0 aromatic heterocycles. The molecule has 0 aliphatic carbocycles. The van der Waals surface area contributed by atoms with Gasteiger partial charge < -0.3 is 14.2 Å². The van der Waals surface area contributed by atoms with Crippen LogP contribution >= 0.6 is 0 Å². The average Bonchev–Trinajstić information content (AvgIpc) is 2.54. The van der Waals surface area contributed by atoms with E-state index in [0.29, 0.717) is 26.4 Å². The van der Waals surface area contributed by atoms with E-state index < -0.39 is 5.79 Å². The van der Waals surface area contributed by atoms with Gasteiger partial charge >= 0.3 is 0 Å². The van der Waals surface area contributed by atoms with Crippen molar-refractivity contribution in [1.82, 2.24) is 0 Å². The molecule has 0 saturated carbocycles. The van der Waals surface area contributed by atoms with Crippen LogP contribution in [0.15, 0.2) is 35.4 Å². The second-order valence-electron chi connectivity index (χ2n) is 6.20. The van der Waals surface area contributed by atoms with Crippen molar-refractivity contribution in [3.05, 3.63) is 46.3 Å². The topological polar surface area (TPSA) is 76.5 Å². The summed E-state index contributed by atoms with van der Waals surface area (Å²) in [5, 5.41) is 3.61. The maximum atomic E-state index is 8.40. The van der Waals surface area contributed by atoms with Crippen LogP contribution in [0.1, 0.15) is 32.3 Å². The summed E-state index contributed by atoms with van der Waals surface area (Å²) in [4.78, 5) is 2.80. The molecule has 1 aromatic rings. The first kappa shape index (κ1) is 17.8. The summed E-state index contributed by atoms with van der Waals surface area (Å²) in [5.74, 6) is -0.340. The van der Waals surface area contributed by atoms with Crippen LogP contribution in [-0.2, 0) is 20.8 Å². The highest BCUT2D eigenvalue weighted by molar-refractivity contribution is 5.13. The second kappa shape index (κ2) is 8.89. The Morgan fingerprint density at radius 3 is 2.83 bits per heavy atom. The summed E-state index contributed by atoms with van der Waals surface area (Å²) in [5.41, 5.74) is 9.57. The fourth-order valence-electron chi connectivity index (χ4n) is 2.71. The standard InChI is InChI=1S/C17H25N3O3/c1-17(2)22-13-15(8-10-19-20-18)16(23-17)9-11-21-12-14-6-4-3-5-7-14/h3-7,15-16H,8-13H2,1-2H3/t15-,16+/m1/s1. The van der Waals surface area contributed by atoms with Gasteiger partial charge in [0, 0.05) is 24.0 Å². The first-order valence-electron chi connectivity index (χ1n) is 8.05. The van der Waals surface area contributed by atoms with Crippen LogP contribution in [0.3, 0.4) is 0 Å². The third-order valence-electron chi connectivity index (χ3n) is 3.93. The molecule has 0 unspecified atom stereocenters. The Morgan fingerprint density at radius 2 is 2.09 bits per heavy atom. The van der Waals surface area contributed by atoms with Crippen molar-refractivity contribution in [2.24, 2.45) is 11.0 Å². The lowest BCUT2D eigenvalue weighted by atomic mass is 9.95. The lowest BCUT2D eigenvalue weighted by molar-refractivity contribution is -0.295. The summed E-state index contributed by atoms with van der Waals surface area (Å²) >= 11 is 0. The maximum absolute atomic E-state index is 8.40. The molecule has 1 saturated heterocycles. The van der Waals surface area contributed by atoms with Gasteiger partial charge in [0.05, 0.1) is 19.3 Å². The van der Waals surface area contributed by atoms with Gasteiger partial charge in [0.1, 0.15) is 0 Å². The van der Waals surface area contributed by atoms with Crippen LogP contribution < -0.4 is 0 Å². The van der Waals surface area contributed by atoms with Crippen LogP contribution in [0.4, 0.5) is 0 Å². The molecule has 126 valence electrons. The first-order chi connectivity index (χ1) is 11.1. The minimum atomic E-state index is -0.570. The Kier molecular flexibility index (Phi) is 6.86. The van der Waals surface area contributed by atoms with Crippen molar-refractivity contribution in [1.29, 1.82) is 0 Å². The molecule has 0 spiro atoms. The lowest BCUT2D eigenvalue weighted by Gasteiger charge is -2.41. The number of hydrogen-bond acceptors (Lipinski definition) is 4. The molecule has 0 bridgehead atoms. The van der Waals surface area contributed by atoms with Gasteiger partial charge in [0.2, 0.25) is 0 Å².